The number of epoxide rings is 1. The zero-order valence-electron chi connectivity index (χ0n) is 22.1. The maximum Gasteiger partial charge on any atom is 0.309 e. The fourth-order valence-corrected chi connectivity index (χ4v) is 5.90. The quantitative estimate of drug-likeness (QED) is 0.407. The van der Waals surface area contributed by atoms with Crippen LogP contribution in [0.4, 0.5) is 0 Å². The second-order valence-corrected chi connectivity index (χ2v) is 12.6. The Hall–Kier alpha value is -1.32. The summed E-state index contributed by atoms with van der Waals surface area (Å²) in [4.78, 5) is 30.8. The lowest BCUT2D eigenvalue weighted by Gasteiger charge is -2.35. The number of halogens is 1. The topological polar surface area (TPSA) is 109 Å². The van der Waals surface area contributed by atoms with Crippen molar-refractivity contribution in [3.63, 3.8) is 0 Å². The van der Waals surface area contributed by atoms with Crippen molar-refractivity contribution in [2.24, 2.45) is 17.3 Å². The number of fused-ring (bicyclic) bond motifs is 1. The van der Waals surface area contributed by atoms with E-state index in [2.05, 4.69) is 4.98 Å². The van der Waals surface area contributed by atoms with E-state index < -0.39 is 35.6 Å². The molecule has 0 spiro atoms. The Morgan fingerprint density at radius 1 is 1.31 bits per heavy atom. The average Bonchev–Trinajstić information content (AvgIpc) is 3.24. The summed E-state index contributed by atoms with van der Waals surface area (Å²) >= 11 is 8.14. The van der Waals surface area contributed by atoms with Crippen molar-refractivity contribution in [1.29, 1.82) is 0 Å². The third kappa shape index (κ3) is 6.76. The summed E-state index contributed by atoms with van der Waals surface area (Å²) in [5.74, 6) is -1.61. The summed E-state index contributed by atoms with van der Waals surface area (Å²) in [5.41, 5.74) is -0.902. The van der Waals surface area contributed by atoms with Gasteiger partial charge in [0, 0.05) is 17.7 Å². The molecule has 0 bridgehead atoms. The lowest BCUT2D eigenvalue weighted by atomic mass is 9.71. The highest BCUT2D eigenvalue weighted by atomic mass is 35.5. The SMILES string of the molecule is CC[C@H]1C(=O)C(C)(C)[C@@H](O)CC(=O)O[C@H](C(Cl)=Cc2csc(C)n2)C[C@@H]2O[C@]2(C)CCC[C@H](C)C1O. The van der Waals surface area contributed by atoms with E-state index in [1.165, 1.54) is 11.3 Å². The van der Waals surface area contributed by atoms with E-state index in [9.17, 15) is 19.8 Å². The number of aliphatic hydroxyl groups excluding tert-OH is 2. The molecule has 2 fully saturated rings. The van der Waals surface area contributed by atoms with Crippen molar-refractivity contribution in [3.8, 4) is 0 Å². The Balaban J connectivity index is 1.87. The van der Waals surface area contributed by atoms with E-state index in [-0.39, 0.29) is 29.8 Å². The Morgan fingerprint density at radius 2 is 2.00 bits per heavy atom. The molecule has 3 rings (SSSR count). The van der Waals surface area contributed by atoms with Crippen LogP contribution in [0.25, 0.3) is 6.08 Å². The zero-order chi connectivity index (χ0) is 26.8. The molecule has 36 heavy (non-hydrogen) atoms. The molecule has 9 heteroatoms. The van der Waals surface area contributed by atoms with Gasteiger partial charge >= 0.3 is 5.97 Å². The number of esters is 1. The highest BCUT2D eigenvalue weighted by molar-refractivity contribution is 7.09. The second kappa shape index (κ2) is 11.6. The van der Waals surface area contributed by atoms with Crippen LogP contribution >= 0.6 is 22.9 Å². The minimum absolute atomic E-state index is 0.0859. The van der Waals surface area contributed by atoms with Crippen LogP contribution in [-0.4, -0.2) is 57.0 Å². The molecule has 1 unspecified atom stereocenters. The van der Waals surface area contributed by atoms with Crippen LogP contribution in [0.2, 0.25) is 0 Å². The predicted molar refractivity (Wildman–Crippen MR) is 141 cm³/mol. The predicted octanol–water partition coefficient (Wildman–Crippen LogP) is 5.04. The largest absolute Gasteiger partial charge is 0.456 e. The Bertz CT molecular complexity index is 977. The number of rotatable bonds is 3. The molecule has 0 radical (unpaired) electrons. The Morgan fingerprint density at radius 3 is 2.61 bits per heavy atom. The number of cyclic esters (lactones) is 1. The van der Waals surface area contributed by atoms with Gasteiger partial charge in [-0.05, 0) is 45.1 Å². The van der Waals surface area contributed by atoms with Gasteiger partial charge in [-0.2, -0.15) is 0 Å². The number of hydrogen-bond donors (Lipinski definition) is 2. The van der Waals surface area contributed by atoms with E-state index >= 15 is 0 Å². The van der Waals surface area contributed by atoms with E-state index in [1.807, 2.05) is 33.1 Å². The molecule has 0 aliphatic carbocycles. The van der Waals surface area contributed by atoms with Crippen LogP contribution in [0.1, 0.15) is 83.8 Å². The summed E-state index contributed by atoms with van der Waals surface area (Å²) < 4.78 is 11.8. The lowest BCUT2D eigenvalue weighted by molar-refractivity contribution is -0.154. The van der Waals surface area contributed by atoms with Crippen LogP contribution < -0.4 is 0 Å². The normalized spacial score (nSPS) is 36.8. The van der Waals surface area contributed by atoms with Gasteiger partial charge < -0.3 is 19.7 Å². The van der Waals surface area contributed by atoms with Gasteiger partial charge in [-0.3, -0.25) is 9.59 Å². The van der Waals surface area contributed by atoms with E-state index in [0.717, 1.165) is 24.3 Å². The number of Topliss-reactive ketones (excluding diaryl/α,β-unsaturated/α-hetero) is 1. The number of hydrogen-bond acceptors (Lipinski definition) is 8. The van der Waals surface area contributed by atoms with Crippen LogP contribution in [0.3, 0.4) is 0 Å². The minimum atomic E-state index is -1.27. The zero-order valence-corrected chi connectivity index (χ0v) is 23.7. The molecule has 2 saturated heterocycles. The second-order valence-electron chi connectivity index (χ2n) is 11.1. The van der Waals surface area contributed by atoms with Crippen molar-refractivity contribution in [2.75, 3.05) is 0 Å². The van der Waals surface area contributed by atoms with Gasteiger partial charge in [0.05, 0.1) is 51.5 Å². The summed E-state index contributed by atoms with van der Waals surface area (Å²) in [7, 11) is 0. The summed E-state index contributed by atoms with van der Waals surface area (Å²) in [6.45, 7) is 11.0. The molecule has 7 atom stereocenters. The number of thiazole rings is 1. The lowest BCUT2D eigenvalue weighted by Crippen LogP contribution is -2.46. The van der Waals surface area contributed by atoms with Crippen molar-refractivity contribution in [2.45, 2.75) is 110 Å². The number of aromatic nitrogens is 1. The molecule has 202 valence electrons. The summed E-state index contributed by atoms with van der Waals surface area (Å²) in [5, 5.41) is 25.0. The van der Waals surface area contributed by atoms with Crippen LogP contribution in [-0.2, 0) is 19.1 Å². The number of ketones is 1. The maximum absolute atomic E-state index is 13.4. The first kappa shape index (κ1) is 29.2. The standard InChI is InChI=1S/C27H40ClNO6S/c1-7-18-24(32)15(2)9-8-10-27(6)22(35-27)12-20(19(28)11-17-14-36-16(3)29-17)34-23(31)13-21(30)26(4,5)25(18)33/h11,14-15,18,20-22,24,30,32H,7-10,12-13H2,1-6H3/t15-,18+,20-,21-,22-,24?,27+/m0/s1. The first-order valence-electron chi connectivity index (χ1n) is 12.9. The van der Waals surface area contributed by atoms with Gasteiger partial charge in [0.15, 0.2) is 0 Å². The molecule has 2 aliphatic heterocycles. The molecule has 0 aromatic carbocycles. The summed E-state index contributed by atoms with van der Waals surface area (Å²) in [6, 6.07) is 0. The first-order valence-corrected chi connectivity index (χ1v) is 14.1. The highest BCUT2D eigenvalue weighted by Crippen LogP contribution is 2.45. The molecule has 1 aromatic rings. The molecule has 1 aromatic heterocycles. The number of ether oxygens (including phenoxy) is 2. The average molecular weight is 542 g/mol. The van der Waals surface area contributed by atoms with Gasteiger partial charge in [-0.1, -0.05) is 45.7 Å². The first-order chi connectivity index (χ1) is 16.8. The molecule has 3 heterocycles. The fraction of sp³-hybridized carbons (Fsp3) is 0.741. The highest BCUT2D eigenvalue weighted by Gasteiger charge is 2.53. The van der Waals surface area contributed by atoms with Gasteiger partial charge in [0.25, 0.3) is 0 Å². The van der Waals surface area contributed by atoms with Gasteiger partial charge in [0.1, 0.15) is 11.9 Å². The monoisotopic (exact) mass is 541 g/mol. The number of aliphatic hydroxyl groups is 2. The third-order valence-electron chi connectivity index (χ3n) is 7.90. The van der Waals surface area contributed by atoms with Crippen molar-refractivity contribution >= 4 is 40.8 Å². The molecule has 2 aliphatic rings. The number of aryl methyl sites for hydroxylation is 1. The van der Waals surface area contributed by atoms with Crippen LogP contribution in [0.15, 0.2) is 10.4 Å². The van der Waals surface area contributed by atoms with Crippen molar-refractivity contribution in [1.82, 2.24) is 4.98 Å². The van der Waals surface area contributed by atoms with Gasteiger partial charge in [0.2, 0.25) is 0 Å². The van der Waals surface area contributed by atoms with Gasteiger partial charge in [-0.15, -0.1) is 11.3 Å². The molecule has 0 saturated carbocycles. The van der Waals surface area contributed by atoms with Crippen LogP contribution in [0.5, 0.6) is 0 Å². The van der Waals surface area contributed by atoms with Gasteiger partial charge in [-0.25, -0.2) is 4.98 Å². The molecule has 7 nitrogen and oxygen atoms in total. The van der Waals surface area contributed by atoms with Crippen molar-refractivity contribution in [3.05, 3.63) is 21.1 Å². The fourth-order valence-electron chi connectivity index (χ4n) is 5.09. The number of carbonyl (C=O) groups excluding carboxylic acids is 2. The molecular formula is C27H40ClNO6S. The van der Waals surface area contributed by atoms with E-state index in [4.69, 9.17) is 21.1 Å². The number of carbonyl (C=O) groups is 2. The maximum atomic E-state index is 13.4. The van der Waals surface area contributed by atoms with E-state index in [0.29, 0.717) is 23.6 Å². The number of nitrogens with zero attached hydrogens (tertiary/aromatic N) is 1. The molecular weight excluding hydrogens is 502 g/mol. The Kier molecular flexibility index (Phi) is 9.42. The molecule has 0 amide bonds. The van der Waals surface area contributed by atoms with Crippen molar-refractivity contribution < 1.29 is 29.3 Å². The Labute approximate surface area is 223 Å². The van der Waals surface area contributed by atoms with Crippen LogP contribution in [0, 0.1) is 24.2 Å². The summed E-state index contributed by atoms with van der Waals surface area (Å²) in [6.07, 6.45) is 1.56. The van der Waals surface area contributed by atoms with E-state index in [1.54, 1.807) is 19.9 Å². The molecule has 2 N–H and O–H groups in total. The third-order valence-corrected chi connectivity index (χ3v) is 9.04. The minimum Gasteiger partial charge on any atom is -0.456 e. The smallest absolute Gasteiger partial charge is 0.309 e.